The highest BCUT2D eigenvalue weighted by Crippen LogP contribution is 2.29. The van der Waals surface area contributed by atoms with Crippen LogP contribution in [0.2, 0.25) is 0 Å². The number of piperidine rings is 1. The van der Waals surface area contributed by atoms with Crippen molar-refractivity contribution in [1.82, 2.24) is 20.1 Å². The lowest BCUT2D eigenvalue weighted by Crippen LogP contribution is -2.39. The first kappa shape index (κ1) is 16.5. The summed E-state index contributed by atoms with van der Waals surface area (Å²) in [4.78, 5) is 18.8. The molecule has 1 aliphatic rings. The molecule has 1 saturated heterocycles. The van der Waals surface area contributed by atoms with E-state index in [1.54, 1.807) is 0 Å². The minimum Gasteiger partial charge on any atom is -0.493 e. The van der Waals surface area contributed by atoms with Crippen molar-refractivity contribution in [3.63, 3.8) is 0 Å². The molecule has 1 aromatic carbocycles. The van der Waals surface area contributed by atoms with E-state index in [-0.39, 0.29) is 11.9 Å². The molecular weight excluding hydrogens is 304 g/mol. The molecular formula is C18H24N4O2. The maximum atomic E-state index is 12.6. The van der Waals surface area contributed by atoms with Crippen molar-refractivity contribution in [3.05, 3.63) is 41.5 Å². The molecule has 2 heterocycles. The maximum Gasteiger partial charge on any atom is 0.226 e. The van der Waals surface area contributed by atoms with Crippen molar-refractivity contribution >= 4 is 5.91 Å². The maximum absolute atomic E-state index is 12.6. The quantitative estimate of drug-likeness (QED) is 0.916. The van der Waals surface area contributed by atoms with Crippen LogP contribution in [0.4, 0.5) is 0 Å². The number of hydrogen-bond acceptors (Lipinski definition) is 4. The fourth-order valence-electron chi connectivity index (χ4n) is 3.16. The highest BCUT2D eigenvalue weighted by atomic mass is 16.5. The van der Waals surface area contributed by atoms with Crippen LogP contribution in [0.3, 0.4) is 0 Å². The minimum absolute atomic E-state index is 0.00876. The highest BCUT2D eigenvalue weighted by molar-refractivity contribution is 5.76. The summed E-state index contributed by atoms with van der Waals surface area (Å²) in [5.41, 5.74) is 2.32. The van der Waals surface area contributed by atoms with E-state index < -0.39 is 0 Å². The van der Waals surface area contributed by atoms with Gasteiger partial charge in [0.2, 0.25) is 5.91 Å². The van der Waals surface area contributed by atoms with E-state index in [0.29, 0.717) is 13.0 Å². The number of nitrogens with one attached hydrogen (secondary N) is 1. The molecule has 1 fully saturated rings. The SMILES string of the molecule is Cc1cccc(OCCC(=O)N2CCCC[C@@H]2c2ncn[nH]2)c1C. The first-order chi connectivity index (χ1) is 11.7. The highest BCUT2D eigenvalue weighted by Gasteiger charge is 2.29. The second-order valence-electron chi connectivity index (χ2n) is 6.27. The van der Waals surface area contributed by atoms with Crippen LogP contribution < -0.4 is 4.74 Å². The number of nitrogens with zero attached hydrogens (tertiary/aromatic N) is 3. The summed E-state index contributed by atoms with van der Waals surface area (Å²) in [5.74, 6) is 1.74. The summed E-state index contributed by atoms with van der Waals surface area (Å²) in [6.45, 7) is 5.26. The summed E-state index contributed by atoms with van der Waals surface area (Å²) in [6.07, 6.45) is 4.94. The average molecular weight is 328 g/mol. The molecule has 128 valence electrons. The standard InChI is InChI=1S/C18H24N4O2/c1-13-6-5-8-16(14(13)2)24-11-9-17(23)22-10-4-3-7-15(22)18-19-12-20-21-18/h5-6,8,12,15H,3-4,7,9-11H2,1-2H3,(H,19,20,21)/t15-/m1/s1. The fourth-order valence-corrected chi connectivity index (χ4v) is 3.16. The molecule has 6 heteroatoms. The van der Waals surface area contributed by atoms with Crippen LogP contribution in [0.1, 0.15) is 48.7 Å². The Kier molecular flexibility index (Phi) is 5.13. The lowest BCUT2D eigenvalue weighted by molar-refractivity contribution is -0.135. The normalized spacial score (nSPS) is 17.8. The number of rotatable bonds is 5. The van der Waals surface area contributed by atoms with Crippen LogP contribution in [-0.2, 0) is 4.79 Å². The van der Waals surface area contributed by atoms with Gasteiger partial charge in [0.15, 0.2) is 0 Å². The Labute approximate surface area is 142 Å². The monoisotopic (exact) mass is 328 g/mol. The predicted molar refractivity (Wildman–Crippen MR) is 90.7 cm³/mol. The molecule has 2 aromatic rings. The lowest BCUT2D eigenvalue weighted by Gasteiger charge is -2.34. The van der Waals surface area contributed by atoms with E-state index in [2.05, 4.69) is 28.2 Å². The second kappa shape index (κ2) is 7.47. The smallest absolute Gasteiger partial charge is 0.226 e. The van der Waals surface area contributed by atoms with Crippen LogP contribution in [0.5, 0.6) is 5.75 Å². The number of aromatic amines is 1. The Morgan fingerprint density at radius 1 is 1.38 bits per heavy atom. The van der Waals surface area contributed by atoms with Gasteiger partial charge in [-0.1, -0.05) is 12.1 Å². The number of likely N-dealkylation sites (tertiary alicyclic amines) is 1. The summed E-state index contributed by atoms with van der Waals surface area (Å²) >= 11 is 0. The van der Waals surface area contributed by atoms with Gasteiger partial charge in [-0.25, -0.2) is 4.98 Å². The zero-order valence-electron chi connectivity index (χ0n) is 14.3. The Hall–Kier alpha value is -2.37. The van der Waals surface area contributed by atoms with Gasteiger partial charge < -0.3 is 9.64 Å². The van der Waals surface area contributed by atoms with E-state index in [1.165, 1.54) is 11.9 Å². The predicted octanol–water partition coefficient (Wildman–Crippen LogP) is 2.94. The van der Waals surface area contributed by atoms with E-state index in [9.17, 15) is 4.79 Å². The molecule has 0 saturated carbocycles. The minimum atomic E-state index is 0.00876. The first-order valence-electron chi connectivity index (χ1n) is 8.50. The summed E-state index contributed by atoms with van der Waals surface area (Å²) in [5, 5.41) is 6.81. The molecule has 0 aliphatic carbocycles. The number of aryl methyl sites for hydroxylation is 1. The van der Waals surface area contributed by atoms with Crippen LogP contribution in [-0.4, -0.2) is 39.1 Å². The summed E-state index contributed by atoms with van der Waals surface area (Å²) in [6, 6.07) is 5.99. The molecule has 3 rings (SSSR count). The molecule has 1 aliphatic heterocycles. The number of aromatic nitrogens is 3. The van der Waals surface area contributed by atoms with Gasteiger partial charge in [-0.2, -0.15) is 5.10 Å². The van der Waals surface area contributed by atoms with Crippen molar-refractivity contribution in [3.8, 4) is 5.75 Å². The number of hydrogen-bond donors (Lipinski definition) is 1. The Balaban J connectivity index is 1.58. The molecule has 0 radical (unpaired) electrons. The number of carbonyl (C=O) groups excluding carboxylic acids is 1. The number of carbonyl (C=O) groups is 1. The van der Waals surface area contributed by atoms with E-state index >= 15 is 0 Å². The zero-order valence-corrected chi connectivity index (χ0v) is 14.3. The Bertz CT molecular complexity index is 684. The van der Waals surface area contributed by atoms with Crippen molar-refractivity contribution in [2.45, 2.75) is 45.6 Å². The van der Waals surface area contributed by atoms with Gasteiger partial charge in [-0.05, 0) is 50.3 Å². The van der Waals surface area contributed by atoms with Crippen molar-refractivity contribution < 1.29 is 9.53 Å². The molecule has 1 N–H and O–H groups in total. The number of amides is 1. The first-order valence-corrected chi connectivity index (χ1v) is 8.50. The molecule has 6 nitrogen and oxygen atoms in total. The third kappa shape index (κ3) is 3.58. The van der Waals surface area contributed by atoms with E-state index in [0.717, 1.165) is 42.9 Å². The summed E-state index contributed by atoms with van der Waals surface area (Å²) < 4.78 is 5.82. The number of H-pyrrole nitrogens is 1. The van der Waals surface area contributed by atoms with Gasteiger partial charge in [-0.15, -0.1) is 0 Å². The third-order valence-corrected chi connectivity index (χ3v) is 4.70. The fraction of sp³-hybridized carbons (Fsp3) is 0.500. The molecule has 1 atom stereocenters. The van der Waals surface area contributed by atoms with Gasteiger partial charge >= 0.3 is 0 Å². The van der Waals surface area contributed by atoms with Crippen molar-refractivity contribution in [2.24, 2.45) is 0 Å². The molecule has 0 spiro atoms. The summed E-state index contributed by atoms with van der Waals surface area (Å²) in [7, 11) is 0. The Morgan fingerprint density at radius 3 is 3.04 bits per heavy atom. The lowest BCUT2D eigenvalue weighted by atomic mass is 10.0. The van der Waals surface area contributed by atoms with Gasteiger partial charge in [0.05, 0.1) is 19.1 Å². The zero-order chi connectivity index (χ0) is 16.9. The second-order valence-corrected chi connectivity index (χ2v) is 6.27. The van der Waals surface area contributed by atoms with Crippen molar-refractivity contribution in [2.75, 3.05) is 13.2 Å². The van der Waals surface area contributed by atoms with Crippen LogP contribution in [0, 0.1) is 13.8 Å². The number of benzene rings is 1. The van der Waals surface area contributed by atoms with E-state index in [4.69, 9.17) is 4.74 Å². The van der Waals surface area contributed by atoms with Gasteiger partial charge in [0, 0.05) is 6.54 Å². The van der Waals surface area contributed by atoms with Crippen LogP contribution >= 0.6 is 0 Å². The average Bonchev–Trinajstić information content (AvgIpc) is 3.13. The van der Waals surface area contributed by atoms with Gasteiger partial charge in [0.1, 0.15) is 17.9 Å². The third-order valence-electron chi connectivity index (χ3n) is 4.70. The Morgan fingerprint density at radius 2 is 2.25 bits per heavy atom. The van der Waals surface area contributed by atoms with Gasteiger partial charge in [-0.3, -0.25) is 9.89 Å². The van der Waals surface area contributed by atoms with Gasteiger partial charge in [0.25, 0.3) is 0 Å². The molecule has 0 bridgehead atoms. The van der Waals surface area contributed by atoms with E-state index in [1.807, 2.05) is 24.0 Å². The van der Waals surface area contributed by atoms with Crippen LogP contribution in [0.15, 0.2) is 24.5 Å². The molecule has 24 heavy (non-hydrogen) atoms. The van der Waals surface area contributed by atoms with Crippen LogP contribution in [0.25, 0.3) is 0 Å². The largest absolute Gasteiger partial charge is 0.493 e. The molecule has 1 aromatic heterocycles. The molecule has 0 unspecified atom stereocenters. The topological polar surface area (TPSA) is 71.1 Å². The molecule has 1 amide bonds. The number of ether oxygens (including phenoxy) is 1. The van der Waals surface area contributed by atoms with Crippen molar-refractivity contribution in [1.29, 1.82) is 0 Å².